The van der Waals surface area contributed by atoms with E-state index in [2.05, 4.69) is 37.8 Å². The minimum atomic E-state index is 0.894. The lowest BCUT2D eigenvalue weighted by atomic mass is 10.1. The summed E-state index contributed by atoms with van der Waals surface area (Å²) in [6, 6.07) is 0. The van der Waals surface area contributed by atoms with E-state index in [0.717, 1.165) is 32.8 Å². The second-order valence-corrected chi connectivity index (χ2v) is 4.66. The number of allylic oxidation sites excluding steroid dienone is 3. The van der Waals surface area contributed by atoms with Gasteiger partial charge in [0.05, 0.1) is 13.2 Å². The highest BCUT2D eigenvalue weighted by atomic mass is 16.5. The van der Waals surface area contributed by atoms with Gasteiger partial charge in [-0.15, -0.1) is 0 Å². The third kappa shape index (κ3) is 5.47. The first kappa shape index (κ1) is 13.5. The fourth-order valence-electron chi connectivity index (χ4n) is 1.91. The molecule has 1 aliphatic heterocycles. The second kappa shape index (κ2) is 7.64. The summed E-state index contributed by atoms with van der Waals surface area (Å²) in [6.07, 6.45) is 6.96. The molecule has 0 spiro atoms. The normalized spacial score (nSPS) is 18.6. The predicted octanol–water partition coefficient (Wildman–Crippen LogP) is 3.01. The van der Waals surface area contributed by atoms with Crippen LogP contribution >= 0.6 is 0 Å². The highest BCUT2D eigenvalue weighted by Crippen LogP contribution is 2.10. The molecule has 0 aromatic rings. The lowest BCUT2D eigenvalue weighted by Crippen LogP contribution is -2.37. The first-order chi connectivity index (χ1) is 7.72. The zero-order chi connectivity index (χ0) is 11.8. The minimum Gasteiger partial charge on any atom is -0.379 e. The molecule has 0 amide bonds. The van der Waals surface area contributed by atoms with E-state index in [0.29, 0.717) is 0 Å². The van der Waals surface area contributed by atoms with Gasteiger partial charge in [-0.1, -0.05) is 23.3 Å². The van der Waals surface area contributed by atoms with Gasteiger partial charge in [-0.2, -0.15) is 0 Å². The van der Waals surface area contributed by atoms with Crippen LogP contribution in [0.5, 0.6) is 0 Å². The van der Waals surface area contributed by atoms with Crippen LogP contribution in [0.25, 0.3) is 0 Å². The molecule has 16 heavy (non-hydrogen) atoms. The molecule has 0 aromatic heterocycles. The number of rotatable bonds is 5. The first-order valence-corrected chi connectivity index (χ1v) is 6.30. The van der Waals surface area contributed by atoms with Crippen molar-refractivity contribution in [2.45, 2.75) is 33.6 Å². The monoisotopic (exact) mass is 223 g/mol. The van der Waals surface area contributed by atoms with Crippen LogP contribution in [0.15, 0.2) is 23.3 Å². The Morgan fingerprint density at radius 2 is 1.94 bits per heavy atom. The van der Waals surface area contributed by atoms with Crippen LogP contribution in [0.2, 0.25) is 0 Å². The summed E-state index contributed by atoms with van der Waals surface area (Å²) in [7, 11) is 0. The maximum atomic E-state index is 5.36. The maximum absolute atomic E-state index is 5.36. The predicted molar refractivity (Wildman–Crippen MR) is 69.7 cm³/mol. The van der Waals surface area contributed by atoms with Crippen LogP contribution in [0.3, 0.4) is 0 Å². The summed E-state index contributed by atoms with van der Waals surface area (Å²) >= 11 is 0. The first-order valence-electron chi connectivity index (χ1n) is 6.30. The lowest BCUT2D eigenvalue weighted by molar-refractivity contribution is 0.0419. The number of hydrogen-bond acceptors (Lipinski definition) is 2. The van der Waals surface area contributed by atoms with Crippen molar-refractivity contribution in [3.63, 3.8) is 0 Å². The largest absolute Gasteiger partial charge is 0.379 e. The van der Waals surface area contributed by atoms with Gasteiger partial charge in [-0.25, -0.2) is 0 Å². The van der Waals surface area contributed by atoms with Crippen molar-refractivity contribution in [2.24, 2.45) is 0 Å². The molecule has 0 saturated carbocycles. The Balaban J connectivity index is 2.28. The Morgan fingerprint density at radius 1 is 1.25 bits per heavy atom. The SMILES string of the molecule is C/C=C(/CCC=C(C)C)CN1CCOCC1. The van der Waals surface area contributed by atoms with Gasteiger partial charge in [0, 0.05) is 19.6 Å². The van der Waals surface area contributed by atoms with Gasteiger partial charge in [-0.3, -0.25) is 4.90 Å². The molecular formula is C14H25NO. The molecule has 0 radical (unpaired) electrons. The summed E-state index contributed by atoms with van der Waals surface area (Å²) in [5.41, 5.74) is 2.97. The molecule has 1 rings (SSSR count). The summed E-state index contributed by atoms with van der Waals surface area (Å²) in [5.74, 6) is 0. The van der Waals surface area contributed by atoms with Crippen molar-refractivity contribution in [3.05, 3.63) is 23.3 Å². The third-order valence-electron chi connectivity index (χ3n) is 2.96. The average Bonchev–Trinajstić information content (AvgIpc) is 2.28. The standard InChI is InChI=1S/C14H25NO/c1-4-14(7-5-6-13(2)3)12-15-8-10-16-11-9-15/h4,6H,5,7-12H2,1-3H3/b14-4-. The lowest BCUT2D eigenvalue weighted by Gasteiger charge is -2.27. The molecule has 0 aliphatic carbocycles. The highest BCUT2D eigenvalue weighted by molar-refractivity contribution is 5.06. The molecule has 1 saturated heterocycles. The maximum Gasteiger partial charge on any atom is 0.0594 e. The molecule has 1 heterocycles. The zero-order valence-corrected chi connectivity index (χ0v) is 11.0. The van der Waals surface area contributed by atoms with Crippen molar-refractivity contribution < 1.29 is 4.74 Å². The van der Waals surface area contributed by atoms with Crippen LogP contribution in [0.4, 0.5) is 0 Å². The van der Waals surface area contributed by atoms with Gasteiger partial charge in [0.25, 0.3) is 0 Å². The Kier molecular flexibility index (Phi) is 6.43. The van der Waals surface area contributed by atoms with Crippen molar-refractivity contribution >= 4 is 0 Å². The summed E-state index contributed by atoms with van der Waals surface area (Å²) in [4.78, 5) is 2.49. The van der Waals surface area contributed by atoms with Gasteiger partial charge < -0.3 is 4.74 Å². The number of hydrogen-bond donors (Lipinski definition) is 0. The molecule has 0 atom stereocenters. The topological polar surface area (TPSA) is 12.5 Å². The van der Waals surface area contributed by atoms with E-state index in [4.69, 9.17) is 4.74 Å². The van der Waals surface area contributed by atoms with Crippen LogP contribution in [-0.2, 0) is 4.74 Å². The van der Waals surface area contributed by atoms with Crippen molar-refractivity contribution in [1.29, 1.82) is 0 Å². The van der Waals surface area contributed by atoms with E-state index in [-0.39, 0.29) is 0 Å². The summed E-state index contributed by atoms with van der Waals surface area (Å²) < 4.78 is 5.36. The van der Waals surface area contributed by atoms with Gasteiger partial charge in [-0.05, 0) is 33.6 Å². The van der Waals surface area contributed by atoms with E-state index in [1.54, 1.807) is 5.57 Å². The number of nitrogens with zero attached hydrogens (tertiary/aromatic N) is 1. The molecule has 2 nitrogen and oxygen atoms in total. The van der Waals surface area contributed by atoms with Crippen molar-refractivity contribution in [2.75, 3.05) is 32.8 Å². The Hall–Kier alpha value is -0.600. The number of morpholine rings is 1. The molecule has 1 aliphatic rings. The summed E-state index contributed by atoms with van der Waals surface area (Å²) in [5, 5.41) is 0. The Bertz CT molecular complexity index is 245. The van der Waals surface area contributed by atoms with E-state index < -0.39 is 0 Å². The average molecular weight is 223 g/mol. The van der Waals surface area contributed by atoms with Gasteiger partial charge in [0.15, 0.2) is 0 Å². The highest BCUT2D eigenvalue weighted by Gasteiger charge is 2.11. The van der Waals surface area contributed by atoms with Gasteiger partial charge in [0.2, 0.25) is 0 Å². The quantitative estimate of drug-likeness (QED) is 0.664. The minimum absolute atomic E-state index is 0.894. The van der Waals surface area contributed by atoms with E-state index >= 15 is 0 Å². The fraction of sp³-hybridized carbons (Fsp3) is 0.714. The number of ether oxygens (including phenoxy) is 1. The van der Waals surface area contributed by atoms with Gasteiger partial charge >= 0.3 is 0 Å². The molecular weight excluding hydrogens is 198 g/mol. The molecule has 1 fully saturated rings. The van der Waals surface area contributed by atoms with Gasteiger partial charge in [0.1, 0.15) is 0 Å². The Labute approximate surface area is 100.0 Å². The zero-order valence-electron chi connectivity index (χ0n) is 11.0. The molecule has 0 N–H and O–H groups in total. The van der Waals surface area contributed by atoms with Crippen LogP contribution < -0.4 is 0 Å². The fourth-order valence-corrected chi connectivity index (χ4v) is 1.91. The second-order valence-electron chi connectivity index (χ2n) is 4.66. The van der Waals surface area contributed by atoms with E-state index in [1.807, 2.05) is 0 Å². The molecule has 0 unspecified atom stereocenters. The third-order valence-corrected chi connectivity index (χ3v) is 2.96. The van der Waals surface area contributed by atoms with Crippen molar-refractivity contribution in [1.82, 2.24) is 4.90 Å². The molecule has 2 heteroatoms. The summed E-state index contributed by atoms with van der Waals surface area (Å²) in [6.45, 7) is 11.6. The van der Waals surface area contributed by atoms with Crippen LogP contribution in [0.1, 0.15) is 33.6 Å². The smallest absolute Gasteiger partial charge is 0.0594 e. The Morgan fingerprint density at radius 3 is 2.50 bits per heavy atom. The van der Waals surface area contributed by atoms with E-state index in [9.17, 15) is 0 Å². The van der Waals surface area contributed by atoms with Crippen LogP contribution in [-0.4, -0.2) is 37.7 Å². The van der Waals surface area contributed by atoms with E-state index in [1.165, 1.54) is 18.4 Å². The molecule has 0 bridgehead atoms. The van der Waals surface area contributed by atoms with Crippen molar-refractivity contribution in [3.8, 4) is 0 Å². The molecule has 0 aromatic carbocycles. The molecule has 92 valence electrons. The van der Waals surface area contributed by atoms with Crippen LogP contribution in [0, 0.1) is 0 Å².